The summed E-state index contributed by atoms with van der Waals surface area (Å²) in [5.74, 6) is 0. The fraction of sp³-hybridized carbons (Fsp3) is 0.176. The highest BCUT2D eigenvalue weighted by molar-refractivity contribution is 5.67. The molecule has 0 aliphatic rings. The van der Waals surface area contributed by atoms with Gasteiger partial charge in [0.25, 0.3) is 0 Å². The number of hydrogen-bond donors (Lipinski definition) is 0. The maximum absolute atomic E-state index is 2.32. The van der Waals surface area contributed by atoms with Gasteiger partial charge >= 0.3 is 0 Å². The average molecular weight is 222 g/mol. The van der Waals surface area contributed by atoms with Gasteiger partial charge in [-0.15, -0.1) is 0 Å². The molecule has 0 N–H and O–H groups in total. The summed E-state index contributed by atoms with van der Waals surface area (Å²) in [5, 5.41) is 0. The first kappa shape index (κ1) is 11.7. The van der Waals surface area contributed by atoms with Gasteiger partial charge in [0.15, 0.2) is 0 Å². The Morgan fingerprint density at radius 2 is 1.47 bits per heavy atom. The van der Waals surface area contributed by atoms with Crippen LogP contribution in [0.15, 0.2) is 66.7 Å². The lowest BCUT2D eigenvalue weighted by atomic mass is 9.97. The molecule has 0 fully saturated rings. The minimum absolute atomic E-state index is 1.01. The van der Waals surface area contributed by atoms with Crippen LogP contribution in [0.4, 0.5) is 0 Å². The molecule has 0 unspecified atom stereocenters. The molecule has 2 aromatic rings. The molecule has 0 amide bonds. The van der Waals surface area contributed by atoms with Crippen LogP contribution in [-0.4, -0.2) is 0 Å². The molecule has 0 aliphatic heterocycles. The zero-order valence-electron chi connectivity index (χ0n) is 10.3. The van der Waals surface area contributed by atoms with E-state index in [0.29, 0.717) is 0 Å². The van der Waals surface area contributed by atoms with E-state index in [9.17, 15) is 0 Å². The van der Waals surface area contributed by atoms with Gasteiger partial charge in [0, 0.05) is 0 Å². The molecule has 0 saturated heterocycles. The molecule has 2 rings (SSSR count). The quantitative estimate of drug-likeness (QED) is 0.702. The van der Waals surface area contributed by atoms with Crippen molar-refractivity contribution in [3.63, 3.8) is 0 Å². The van der Waals surface area contributed by atoms with Crippen molar-refractivity contribution >= 4 is 5.57 Å². The van der Waals surface area contributed by atoms with E-state index in [-0.39, 0.29) is 0 Å². The second-order valence-electron chi connectivity index (χ2n) is 4.17. The summed E-state index contributed by atoms with van der Waals surface area (Å²) in [5.41, 5.74) is 4.12. The van der Waals surface area contributed by atoms with Crippen molar-refractivity contribution in [2.24, 2.45) is 0 Å². The minimum Gasteiger partial charge on any atom is -0.0807 e. The lowest BCUT2D eigenvalue weighted by Crippen LogP contribution is -1.90. The molecule has 0 heteroatoms. The topological polar surface area (TPSA) is 0 Å². The molecule has 17 heavy (non-hydrogen) atoms. The van der Waals surface area contributed by atoms with Crippen molar-refractivity contribution in [2.75, 3.05) is 0 Å². The normalized spacial score (nSPS) is 11.5. The van der Waals surface area contributed by atoms with Gasteiger partial charge in [-0.05, 0) is 29.5 Å². The fourth-order valence-corrected chi connectivity index (χ4v) is 2.01. The van der Waals surface area contributed by atoms with E-state index in [4.69, 9.17) is 0 Å². The van der Waals surface area contributed by atoms with Crippen LogP contribution in [0.3, 0.4) is 0 Å². The van der Waals surface area contributed by atoms with Crippen LogP contribution < -0.4 is 0 Å². The molecule has 0 radical (unpaired) electrons. The summed E-state index contributed by atoms with van der Waals surface area (Å²) in [7, 11) is 0. The summed E-state index contributed by atoms with van der Waals surface area (Å²) in [4.78, 5) is 0. The van der Waals surface area contributed by atoms with E-state index in [2.05, 4.69) is 73.7 Å². The molecule has 0 saturated carbocycles. The molecule has 2 aromatic carbocycles. The number of allylic oxidation sites excluding steroid dienone is 2. The fourth-order valence-electron chi connectivity index (χ4n) is 2.01. The Morgan fingerprint density at radius 1 is 0.882 bits per heavy atom. The third-order valence-electron chi connectivity index (χ3n) is 2.83. The van der Waals surface area contributed by atoms with Crippen molar-refractivity contribution in [3.8, 4) is 0 Å². The molecule has 0 heterocycles. The Balaban J connectivity index is 2.23. The van der Waals surface area contributed by atoms with Crippen LogP contribution in [0.2, 0.25) is 0 Å². The second-order valence-corrected chi connectivity index (χ2v) is 4.17. The van der Waals surface area contributed by atoms with Crippen LogP contribution >= 0.6 is 0 Å². The maximum Gasteiger partial charge on any atom is -0.00230 e. The third-order valence-corrected chi connectivity index (χ3v) is 2.83. The summed E-state index contributed by atoms with van der Waals surface area (Å²) in [6.45, 7) is 2.19. The van der Waals surface area contributed by atoms with Crippen molar-refractivity contribution in [3.05, 3.63) is 77.9 Å². The first-order valence-electron chi connectivity index (χ1n) is 6.18. The van der Waals surface area contributed by atoms with Crippen LogP contribution in [0.25, 0.3) is 5.57 Å². The molecule has 0 bridgehead atoms. The molecular weight excluding hydrogens is 204 g/mol. The summed E-state index contributed by atoms with van der Waals surface area (Å²) >= 11 is 0. The molecule has 0 aromatic heterocycles. The Morgan fingerprint density at radius 3 is 2.06 bits per heavy atom. The first-order chi connectivity index (χ1) is 8.40. The van der Waals surface area contributed by atoms with Crippen molar-refractivity contribution in [2.45, 2.75) is 19.8 Å². The highest BCUT2D eigenvalue weighted by atomic mass is 14.1. The molecule has 0 aliphatic carbocycles. The summed E-state index contributed by atoms with van der Waals surface area (Å²) < 4.78 is 0. The van der Waals surface area contributed by atoms with E-state index >= 15 is 0 Å². The van der Waals surface area contributed by atoms with Crippen LogP contribution in [-0.2, 0) is 6.42 Å². The lowest BCUT2D eigenvalue weighted by molar-refractivity contribution is 1.19. The molecule has 0 spiro atoms. The largest absolute Gasteiger partial charge is 0.0807 e. The minimum atomic E-state index is 1.01. The van der Waals surface area contributed by atoms with Gasteiger partial charge < -0.3 is 0 Å². The number of hydrogen-bond acceptors (Lipinski definition) is 0. The van der Waals surface area contributed by atoms with Gasteiger partial charge in [-0.1, -0.05) is 73.7 Å². The SMILES string of the molecule is CCC=C(Cc1ccccc1)c1ccccc1. The first-order valence-corrected chi connectivity index (χ1v) is 6.18. The zero-order valence-corrected chi connectivity index (χ0v) is 10.3. The smallest absolute Gasteiger partial charge is 0.00230 e. The average Bonchev–Trinajstić information content (AvgIpc) is 2.40. The van der Waals surface area contributed by atoms with Crippen molar-refractivity contribution in [1.82, 2.24) is 0 Å². The second kappa shape index (κ2) is 6.05. The van der Waals surface area contributed by atoms with Gasteiger partial charge in [-0.25, -0.2) is 0 Å². The lowest BCUT2D eigenvalue weighted by Gasteiger charge is -2.08. The van der Waals surface area contributed by atoms with Crippen LogP contribution in [0.5, 0.6) is 0 Å². The Labute approximate surface area is 104 Å². The van der Waals surface area contributed by atoms with E-state index in [0.717, 1.165) is 12.8 Å². The van der Waals surface area contributed by atoms with Crippen LogP contribution in [0, 0.1) is 0 Å². The highest BCUT2D eigenvalue weighted by Crippen LogP contribution is 2.20. The van der Waals surface area contributed by atoms with E-state index in [1.807, 2.05) is 0 Å². The van der Waals surface area contributed by atoms with Crippen molar-refractivity contribution < 1.29 is 0 Å². The Kier molecular flexibility index (Phi) is 4.15. The molecular formula is C17H18. The Hall–Kier alpha value is -1.82. The predicted octanol–water partition coefficient (Wildman–Crippen LogP) is 4.72. The monoisotopic (exact) mass is 222 g/mol. The summed E-state index contributed by atoms with van der Waals surface area (Å²) in [6.07, 6.45) is 4.41. The van der Waals surface area contributed by atoms with Gasteiger partial charge in [0.05, 0.1) is 0 Å². The molecule has 0 atom stereocenters. The standard InChI is InChI=1S/C17H18/c1-2-9-17(16-12-7-4-8-13-16)14-15-10-5-3-6-11-15/h3-13H,2,14H2,1H3. The van der Waals surface area contributed by atoms with Gasteiger partial charge in [-0.3, -0.25) is 0 Å². The highest BCUT2D eigenvalue weighted by Gasteiger charge is 2.01. The Bertz CT molecular complexity index is 466. The van der Waals surface area contributed by atoms with Gasteiger partial charge in [0.1, 0.15) is 0 Å². The molecule has 86 valence electrons. The molecule has 0 nitrogen and oxygen atoms in total. The maximum atomic E-state index is 2.32. The number of rotatable bonds is 4. The van der Waals surface area contributed by atoms with E-state index < -0.39 is 0 Å². The van der Waals surface area contributed by atoms with Crippen molar-refractivity contribution in [1.29, 1.82) is 0 Å². The van der Waals surface area contributed by atoms with Gasteiger partial charge in [0.2, 0.25) is 0 Å². The third kappa shape index (κ3) is 3.32. The van der Waals surface area contributed by atoms with Gasteiger partial charge in [-0.2, -0.15) is 0 Å². The van der Waals surface area contributed by atoms with E-state index in [1.165, 1.54) is 16.7 Å². The predicted molar refractivity (Wildman–Crippen MR) is 74.9 cm³/mol. The van der Waals surface area contributed by atoms with Crippen LogP contribution in [0.1, 0.15) is 24.5 Å². The van der Waals surface area contributed by atoms with E-state index in [1.54, 1.807) is 0 Å². The summed E-state index contributed by atoms with van der Waals surface area (Å²) in [6, 6.07) is 21.3. The zero-order chi connectivity index (χ0) is 11.9. The number of benzene rings is 2.